The van der Waals surface area contributed by atoms with Crippen LogP contribution in [0.25, 0.3) is 21.8 Å². The number of fused-ring (bicyclic) bond motifs is 2. The first kappa shape index (κ1) is 17.1. The van der Waals surface area contributed by atoms with Gasteiger partial charge in [-0.05, 0) is 59.7 Å². The first-order chi connectivity index (χ1) is 13.0. The number of H-pyrrole nitrogens is 2. The van der Waals surface area contributed by atoms with E-state index in [1.807, 2.05) is 54.7 Å². The number of nitrogens with one attached hydrogen (secondary N) is 4. The standard InChI is InChI=1S/C22H22N4O/c1-13(2)9-18(23)15-4-6-19-16(10-15)11-21(26-19)22(27)25-17-5-3-14-7-8-24-20(14)12-17/h3-8,10-13,23-24,26H,9H2,1-2H3,(H,25,27). The summed E-state index contributed by atoms with van der Waals surface area (Å²) in [6.45, 7) is 4.21. The van der Waals surface area contributed by atoms with Crippen molar-refractivity contribution in [2.75, 3.05) is 5.32 Å². The Hall–Kier alpha value is -3.34. The molecule has 0 aliphatic heterocycles. The van der Waals surface area contributed by atoms with Gasteiger partial charge in [0.15, 0.2) is 0 Å². The second-order valence-corrected chi connectivity index (χ2v) is 7.30. The van der Waals surface area contributed by atoms with E-state index in [0.29, 0.717) is 17.3 Å². The molecule has 5 nitrogen and oxygen atoms in total. The van der Waals surface area contributed by atoms with Crippen LogP contribution in [-0.4, -0.2) is 21.6 Å². The molecule has 0 fully saturated rings. The highest BCUT2D eigenvalue weighted by molar-refractivity contribution is 6.07. The third kappa shape index (κ3) is 3.49. The lowest BCUT2D eigenvalue weighted by atomic mass is 9.99. The highest BCUT2D eigenvalue weighted by Gasteiger charge is 2.12. The van der Waals surface area contributed by atoms with E-state index in [9.17, 15) is 4.79 Å². The van der Waals surface area contributed by atoms with Gasteiger partial charge in [-0.2, -0.15) is 0 Å². The van der Waals surface area contributed by atoms with Crippen molar-refractivity contribution in [2.24, 2.45) is 5.92 Å². The minimum Gasteiger partial charge on any atom is -0.361 e. The second-order valence-electron chi connectivity index (χ2n) is 7.30. The van der Waals surface area contributed by atoms with Crippen molar-refractivity contribution < 1.29 is 4.79 Å². The van der Waals surface area contributed by atoms with Crippen LogP contribution in [0.5, 0.6) is 0 Å². The van der Waals surface area contributed by atoms with Crippen LogP contribution in [0.2, 0.25) is 0 Å². The van der Waals surface area contributed by atoms with E-state index >= 15 is 0 Å². The quantitative estimate of drug-likeness (QED) is 0.358. The minimum atomic E-state index is -0.184. The second kappa shape index (κ2) is 6.76. The number of rotatable bonds is 5. The fraction of sp³-hybridized carbons (Fsp3) is 0.182. The highest BCUT2D eigenvalue weighted by Crippen LogP contribution is 2.21. The summed E-state index contributed by atoms with van der Waals surface area (Å²) in [6, 6.07) is 15.4. The molecule has 0 saturated heterocycles. The Balaban J connectivity index is 1.57. The lowest BCUT2D eigenvalue weighted by Crippen LogP contribution is -2.12. The first-order valence-corrected chi connectivity index (χ1v) is 9.08. The van der Waals surface area contributed by atoms with E-state index in [-0.39, 0.29) is 5.91 Å². The normalized spacial score (nSPS) is 11.4. The van der Waals surface area contributed by atoms with Crippen LogP contribution in [0.1, 0.15) is 36.3 Å². The molecule has 0 aliphatic carbocycles. The van der Waals surface area contributed by atoms with Crippen LogP contribution in [0.15, 0.2) is 54.7 Å². The van der Waals surface area contributed by atoms with Crippen molar-refractivity contribution in [3.63, 3.8) is 0 Å². The molecule has 4 aromatic rings. The van der Waals surface area contributed by atoms with Crippen molar-refractivity contribution in [2.45, 2.75) is 20.3 Å². The van der Waals surface area contributed by atoms with Gasteiger partial charge >= 0.3 is 0 Å². The van der Waals surface area contributed by atoms with Crippen molar-refractivity contribution in [1.29, 1.82) is 5.41 Å². The molecule has 0 bridgehead atoms. The van der Waals surface area contributed by atoms with Crippen LogP contribution in [0.4, 0.5) is 5.69 Å². The number of hydrogen-bond donors (Lipinski definition) is 4. The molecule has 2 aromatic carbocycles. The molecule has 0 saturated carbocycles. The summed E-state index contributed by atoms with van der Waals surface area (Å²) in [4.78, 5) is 18.9. The van der Waals surface area contributed by atoms with Gasteiger partial charge in [-0.15, -0.1) is 0 Å². The fourth-order valence-corrected chi connectivity index (χ4v) is 3.29. The van der Waals surface area contributed by atoms with Crippen molar-refractivity contribution in [3.8, 4) is 0 Å². The zero-order valence-corrected chi connectivity index (χ0v) is 15.4. The highest BCUT2D eigenvalue weighted by atomic mass is 16.1. The molecular weight excluding hydrogens is 336 g/mol. The van der Waals surface area contributed by atoms with Gasteiger partial charge in [0, 0.05) is 34.0 Å². The predicted molar refractivity (Wildman–Crippen MR) is 111 cm³/mol. The maximum atomic E-state index is 12.6. The van der Waals surface area contributed by atoms with E-state index in [4.69, 9.17) is 5.41 Å². The van der Waals surface area contributed by atoms with Crippen LogP contribution in [0.3, 0.4) is 0 Å². The summed E-state index contributed by atoms with van der Waals surface area (Å²) in [6.07, 6.45) is 2.62. The third-order valence-corrected chi connectivity index (χ3v) is 4.64. The molecule has 1 amide bonds. The Morgan fingerprint density at radius 2 is 1.89 bits per heavy atom. The summed E-state index contributed by atoms with van der Waals surface area (Å²) < 4.78 is 0. The van der Waals surface area contributed by atoms with Gasteiger partial charge in [0.2, 0.25) is 0 Å². The number of anilines is 1. The lowest BCUT2D eigenvalue weighted by Gasteiger charge is -2.06. The lowest BCUT2D eigenvalue weighted by molar-refractivity contribution is 0.102. The van der Waals surface area contributed by atoms with Gasteiger partial charge < -0.3 is 20.7 Å². The van der Waals surface area contributed by atoms with Crippen LogP contribution in [-0.2, 0) is 0 Å². The summed E-state index contributed by atoms with van der Waals surface area (Å²) in [5.74, 6) is 0.258. The van der Waals surface area contributed by atoms with E-state index in [2.05, 4.69) is 29.1 Å². The van der Waals surface area contributed by atoms with Gasteiger partial charge in [0.1, 0.15) is 5.69 Å². The molecule has 4 N–H and O–H groups in total. The number of carbonyl (C=O) groups is 1. The molecule has 27 heavy (non-hydrogen) atoms. The Kier molecular flexibility index (Phi) is 4.28. The number of aromatic amines is 2. The fourth-order valence-electron chi connectivity index (χ4n) is 3.29. The Morgan fingerprint density at radius 1 is 1.04 bits per heavy atom. The maximum absolute atomic E-state index is 12.6. The van der Waals surface area contributed by atoms with Gasteiger partial charge in [-0.3, -0.25) is 4.79 Å². The van der Waals surface area contributed by atoms with Crippen LogP contribution in [0, 0.1) is 11.3 Å². The first-order valence-electron chi connectivity index (χ1n) is 9.08. The predicted octanol–water partition coefficient (Wildman–Crippen LogP) is 5.32. The summed E-state index contributed by atoms with van der Waals surface area (Å²) in [7, 11) is 0. The van der Waals surface area contributed by atoms with E-state index in [1.165, 1.54) is 0 Å². The Labute approximate surface area is 157 Å². The molecule has 5 heteroatoms. The average molecular weight is 358 g/mol. The minimum absolute atomic E-state index is 0.184. The van der Waals surface area contributed by atoms with Crippen LogP contribution >= 0.6 is 0 Å². The average Bonchev–Trinajstić information content (AvgIpc) is 3.26. The molecule has 0 unspecified atom stereocenters. The van der Waals surface area contributed by atoms with Crippen molar-refractivity contribution >= 4 is 39.1 Å². The maximum Gasteiger partial charge on any atom is 0.272 e. The van der Waals surface area contributed by atoms with Gasteiger partial charge in [0.25, 0.3) is 5.91 Å². The zero-order valence-electron chi connectivity index (χ0n) is 15.4. The van der Waals surface area contributed by atoms with Crippen LogP contribution < -0.4 is 5.32 Å². The number of hydrogen-bond acceptors (Lipinski definition) is 2. The SMILES string of the molecule is CC(C)CC(=N)c1ccc2[nH]c(C(=O)Nc3ccc4cc[nH]c4c3)cc2c1. The molecule has 136 valence electrons. The zero-order chi connectivity index (χ0) is 19.0. The van der Waals surface area contributed by atoms with Gasteiger partial charge in [-0.25, -0.2) is 0 Å². The molecule has 2 aromatic heterocycles. The topological polar surface area (TPSA) is 84.5 Å². The van der Waals surface area contributed by atoms with Crippen molar-refractivity contribution in [3.05, 3.63) is 66.0 Å². The molecule has 0 radical (unpaired) electrons. The number of amides is 1. The number of aromatic nitrogens is 2. The largest absolute Gasteiger partial charge is 0.361 e. The molecule has 4 rings (SSSR count). The molecule has 0 atom stereocenters. The summed E-state index contributed by atoms with van der Waals surface area (Å²) in [5, 5.41) is 13.2. The number of carbonyl (C=O) groups excluding carboxylic acids is 1. The molecular formula is C22H22N4O. The summed E-state index contributed by atoms with van der Waals surface area (Å²) >= 11 is 0. The monoisotopic (exact) mass is 358 g/mol. The van der Waals surface area contributed by atoms with Gasteiger partial charge in [-0.1, -0.05) is 26.0 Å². The third-order valence-electron chi connectivity index (χ3n) is 4.64. The Bertz CT molecular complexity index is 1150. The molecule has 2 heterocycles. The van der Waals surface area contributed by atoms with E-state index in [0.717, 1.165) is 39.5 Å². The van der Waals surface area contributed by atoms with E-state index < -0.39 is 0 Å². The molecule has 0 spiro atoms. The van der Waals surface area contributed by atoms with E-state index in [1.54, 1.807) is 0 Å². The summed E-state index contributed by atoms with van der Waals surface area (Å²) in [5.41, 5.74) is 4.65. The smallest absolute Gasteiger partial charge is 0.272 e. The van der Waals surface area contributed by atoms with Crippen molar-refractivity contribution in [1.82, 2.24) is 9.97 Å². The molecule has 0 aliphatic rings. The Morgan fingerprint density at radius 3 is 2.70 bits per heavy atom. The van der Waals surface area contributed by atoms with Gasteiger partial charge in [0.05, 0.1) is 0 Å². The number of benzene rings is 2.